The summed E-state index contributed by atoms with van der Waals surface area (Å²) in [6.07, 6.45) is 3.60. The second-order valence-corrected chi connectivity index (χ2v) is 8.63. The van der Waals surface area contributed by atoms with E-state index in [-0.39, 0.29) is 4.90 Å². The smallest absolute Gasteiger partial charge is 0.243 e. The highest BCUT2D eigenvalue weighted by Gasteiger charge is 2.29. The molecule has 0 aliphatic carbocycles. The minimum Gasteiger partial charge on any atom is -0.496 e. The quantitative estimate of drug-likeness (QED) is 0.735. The Morgan fingerprint density at radius 2 is 1.96 bits per heavy atom. The maximum absolute atomic E-state index is 12.8. The van der Waals surface area contributed by atoms with Crippen molar-refractivity contribution in [1.29, 1.82) is 0 Å². The van der Waals surface area contributed by atoms with Crippen LogP contribution in [0.1, 0.15) is 5.56 Å². The molecular formula is C17H20BrN3O3S. The van der Waals surface area contributed by atoms with Crippen LogP contribution in [0.5, 0.6) is 5.75 Å². The lowest BCUT2D eigenvalue weighted by molar-refractivity contribution is 0.181. The summed E-state index contributed by atoms with van der Waals surface area (Å²) in [4.78, 5) is 6.64. The van der Waals surface area contributed by atoms with Crippen molar-refractivity contribution in [1.82, 2.24) is 14.2 Å². The molecule has 2 aromatic rings. The molecule has 0 unspecified atom stereocenters. The van der Waals surface area contributed by atoms with Gasteiger partial charge < -0.3 is 4.74 Å². The Labute approximate surface area is 156 Å². The standard InChI is InChI=1S/C17H20BrN3O3S/c1-24-17-5-4-15(11-16(17)18)25(22,23)21-9-7-20(8-10-21)13-14-3-2-6-19-12-14/h2-6,11-12H,7-10,13H2,1H3. The predicted molar refractivity (Wildman–Crippen MR) is 99.0 cm³/mol. The van der Waals surface area contributed by atoms with Gasteiger partial charge in [-0.2, -0.15) is 4.31 Å². The van der Waals surface area contributed by atoms with Crippen molar-refractivity contribution in [2.45, 2.75) is 11.4 Å². The van der Waals surface area contributed by atoms with E-state index in [2.05, 4.69) is 25.8 Å². The molecule has 0 atom stereocenters. The Bertz CT molecular complexity index is 822. The SMILES string of the molecule is COc1ccc(S(=O)(=O)N2CCN(Cc3cccnc3)CC2)cc1Br. The summed E-state index contributed by atoms with van der Waals surface area (Å²) in [5.74, 6) is 0.611. The highest BCUT2D eigenvalue weighted by molar-refractivity contribution is 9.10. The molecule has 0 amide bonds. The van der Waals surface area contributed by atoms with Crippen LogP contribution in [0.4, 0.5) is 0 Å². The molecule has 8 heteroatoms. The van der Waals surface area contributed by atoms with Crippen LogP contribution in [0.2, 0.25) is 0 Å². The van der Waals surface area contributed by atoms with E-state index in [0.717, 1.165) is 12.1 Å². The molecule has 134 valence electrons. The fourth-order valence-electron chi connectivity index (χ4n) is 2.83. The highest BCUT2D eigenvalue weighted by atomic mass is 79.9. The number of ether oxygens (including phenoxy) is 1. The molecule has 1 aromatic carbocycles. The molecule has 1 fully saturated rings. The largest absolute Gasteiger partial charge is 0.496 e. The first-order valence-electron chi connectivity index (χ1n) is 7.95. The van der Waals surface area contributed by atoms with Gasteiger partial charge in [-0.25, -0.2) is 8.42 Å². The van der Waals surface area contributed by atoms with E-state index in [9.17, 15) is 8.42 Å². The Hall–Kier alpha value is -1.48. The lowest BCUT2D eigenvalue weighted by atomic mass is 10.2. The summed E-state index contributed by atoms with van der Waals surface area (Å²) >= 11 is 3.35. The summed E-state index contributed by atoms with van der Waals surface area (Å²) in [6, 6.07) is 8.79. The van der Waals surface area contributed by atoms with Crippen LogP contribution in [-0.2, 0) is 16.6 Å². The van der Waals surface area contributed by atoms with Crippen LogP contribution >= 0.6 is 15.9 Å². The van der Waals surface area contributed by atoms with Gasteiger partial charge >= 0.3 is 0 Å². The Balaban J connectivity index is 1.66. The van der Waals surface area contributed by atoms with E-state index >= 15 is 0 Å². The van der Waals surface area contributed by atoms with Crippen molar-refractivity contribution in [3.8, 4) is 5.75 Å². The summed E-state index contributed by atoms with van der Waals surface area (Å²) in [7, 11) is -1.95. The molecule has 0 spiro atoms. The normalized spacial score (nSPS) is 16.7. The first-order valence-corrected chi connectivity index (χ1v) is 10.2. The molecule has 0 saturated carbocycles. The van der Waals surface area contributed by atoms with Crippen LogP contribution < -0.4 is 4.74 Å². The Morgan fingerprint density at radius 1 is 1.20 bits per heavy atom. The number of benzene rings is 1. The predicted octanol–water partition coefficient (Wildman–Crippen LogP) is 2.36. The zero-order valence-corrected chi connectivity index (χ0v) is 16.3. The van der Waals surface area contributed by atoms with E-state index in [0.29, 0.717) is 36.4 Å². The average molecular weight is 426 g/mol. The summed E-state index contributed by atoms with van der Waals surface area (Å²) < 4.78 is 33.0. The molecular weight excluding hydrogens is 406 g/mol. The molecule has 6 nitrogen and oxygen atoms in total. The van der Waals surface area contributed by atoms with Crippen LogP contribution in [0.15, 0.2) is 52.1 Å². The molecule has 3 rings (SSSR count). The fraction of sp³-hybridized carbons (Fsp3) is 0.353. The van der Waals surface area contributed by atoms with Gasteiger partial charge in [0.1, 0.15) is 5.75 Å². The van der Waals surface area contributed by atoms with Crippen LogP contribution in [0.25, 0.3) is 0 Å². The van der Waals surface area contributed by atoms with Crippen molar-refractivity contribution in [2.24, 2.45) is 0 Å². The van der Waals surface area contributed by atoms with Crippen molar-refractivity contribution in [3.63, 3.8) is 0 Å². The van der Waals surface area contributed by atoms with E-state index < -0.39 is 10.0 Å². The summed E-state index contributed by atoms with van der Waals surface area (Å²) in [6.45, 7) is 3.14. The topological polar surface area (TPSA) is 62.7 Å². The number of nitrogens with zero attached hydrogens (tertiary/aromatic N) is 3. The Kier molecular flexibility index (Phi) is 5.73. The van der Waals surface area contributed by atoms with Crippen molar-refractivity contribution in [2.75, 3.05) is 33.3 Å². The lowest BCUT2D eigenvalue weighted by Gasteiger charge is -2.34. The molecule has 1 aliphatic rings. The third-order valence-corrected chi connectivity index (χ3v) is 6.74. The molecule has 25 heavy (non-hydrogen) atoms. The van der Waals surface area contributed by atoms with E-state index in [4.69, 9.17) is 4.74 Å². The minimum atomic E-state index is -3.50. The maximum atomic E-state index is 12.8. The molecule has 1 aliphatic heterocycles. The van der Waals surface area contributed by atoms with Crippen molar-refractivity contribution < 1.29 is 13.2 Å². The number of aromatic nitrogens is 1. The third kappa shape index (κ3) is 4.20. The van der Waals surface area contributed by atoms with Crippen LogP contribution in [-0.4, -0.2) is 55.9 Å². The molecule has 2 heterocycles. The summed E-state index contributed by atoms with van der Waals surface area (Å²) in [5, 5.41) is 0. The van der Waals surface area contributed by atoms with Gasteiger partial charge in [0.2, 0.25) is 10.0 Å². The first kappa shape index (κ1) is 18.3. The number of hydrogen-bond acceptors (Lipinski definition) is 5. The maximum Gasteiger partial charge on any atom is 0.243 e. The molecule has 0 bridgehead atoms. The monoisotopic (exact) mass is 425 g/mol. The number of piperazine rings is 1. The van der Waals surface area contributed by atoms with Crippen LogP contribution in [0, 0.1) is 0 Å². The van der Waals surface area contributed by atoms with Gasteiger partial charge in [-0.3, -0.25) is 9.88 Å². The van der Waals surface area contributed by atoms with E-state index in [1.54, 1.807) is 35.8 Å². The number of pyridine rings is 1. The number of methoxy groups -OCH3 is 1. The number of halogens is 1. The van der Waals surface area contributed by atoms with Gasteiger partial charge in [-0.05, 0) is 45.8 Å². The number of sulfonamides is 1. The molecule has 0 radical (unpaired) electrons. The van der Waals surface area contributed by atoms with E-state index in [1.807, 2.05) is 18.3 Å². The van der Waals surface area contributed by atoms with Gasteiger partial charge in [0.15, 0.2) is 0 Å². The van der Waals surface area contributed by atoms with E-state index in [1.165, 1.54) is 0 Å². The van der Waals surface area contributed by atoms with Gasteiger partial charge in [0, 0.05) is 45.1 Å². The van der Waals surface area contributed by atoms with Crippen molar-refractivity contribution >= 4 is 26.0 Å². The average Bonchev–Trinajstić information content (AvgIpc) is 2.63. The van der Waals surface area contributed by atoms with Gasteiger partial charge in [-0.15, -0.1) is 0 Å². The first-order chi connectivity index (χ1) is 12.0. The number of hydrogen-bond donors (Lipinski definition) is 0. The molecule has 1 saturated heterocycles. The lowest BCUT2D eigenvalue weighted by Crippen LogP contribution is -2.48. The Morgan fingerprint density at radius 3 is 2.56 bits per heavy atom. The highest BCUT2D eigenvalue weighted by Crippen LogP contribution is 2.29. The molecule has 0 N–H and O–H groups in total. The van der Waals surface area contributed by atoms with Gasteiger partial charge in [0.05, 0.1) is 16.5 Å². The third-order valence-electron chi connectivity index (χ3n) is 4.22. The van der Waals surface area contributed by atoms with Crippen LogP contribution in [0.3, 0.4) is 0 Å². The van der Waals surface area contributed by atoms with Gasteiger partial charge in [0.25, 0.3) is 0 Å². The number of rotatable bonds is 5. The minimum absolute atomic E-state index is 0.279. The summed E-state index contributed by atoms with van der Waals surface area (Å²) in [5.41, 5.74) is 1.14. The molecule has 1 aromatic heterocycles. The zero-order valence-electron chi connectivity index (χ0n) is 13.9. The van der Waals surface area contributed by atoms with Gasteiger partial charge in [-0.1, -0.05) is 6.07 Å². The second-order valence-electron chi connectivity index (χ2n) is 5.84. The zero-order chi connectivity index (χ0) is 17.9. The van der Waals surface area contributed by atoms with Crippen molar-refractivity contribution in [3.05, 3.63) is 52.8 Å². The fourth-order valence-corrected chi connectivity index (χ4v) is 4.98. The second kappa shape index (κ2) is 7.82.